The van der Waals surface area contributed by atoms with Crippen LogP contribution in [0, 0.1) is 0 Å². The van der Waals surface area contributed by atoms with Gasteiger partial charge in [-0.1, -0.05) is 25.4 Å². The van der Waals surface area contributed by atoms with Crippen LogP contribution in [0.15, 0.2) is 6.07 Å². The molecular formula is C13H15ClN2S3. The zero-order valence-electron chi connectivity index (χ0n) is 10.9. The minimum Gasteiger partial charge on any atom is -0.221 e. The molecule has 2 aromatic heterocycles. The van der Waals surface area contributed by atoms with Gasteiger partial charge in [0.05, 0.1) is 5.25 Å². The number of aromatic nitrogens is 2. The minimum absolute atomic E-state index is 0.368. The Morgan fingerprint density at radius 3 is 2.84 bits per heavy atom. The van der Waals surface area contributed by atoms with Crippen molar-refractivity contribution >= 4 is 56.7 Å². The molecule has 0 radical (unpaired) electrons. The summed E-state index contributed by atoms with van der Waals surface area (Å²) in [6.07, 6.45) is 1.02. The lowest BCUT2D eigenvalue weighted by atomic mass is 10.3. The molecule has 3 rings (SSSR count). The number of aryl methyl sites for hydroxylation is 1. The fourth-order valence-corrected chi connectivity index (χ4v) is 6.12. The second kappa shape index (κ2) is 5.80. The van der Waals surface area contributed by atoms with Gasteiger partial charge in [-0.3, -0.25) is 0 Å². The summed E-state index contributed by atoms with van der Waals surface area (Å²) in [5, 5.41) is 2.54. The van der Waals surface area contributed by atoms with Crippen LogP contribution in [0.5, 0.6) is 0 Å². The molecule has 2 unspecified atom stereocenters. The average molecular weight is 331 g/mol. The number of fused-ring (bicyclic) bond motifs is 1. The highest BCUT2D eigenvalue weighted by atomic mass is 35.5. The Bertz CT molecular complexity index is 599. The Morgan fingerprint density at radius 1 is 1.32 bits per heavy atom. The first-order valence-electron chi connectivity index (χ1n) is 6.38. The van der Waals surface area contributed by atoms with E-state index in [-0.39, 0.29) is 0 Å². The molecule has 0 aliphatic carbocycles. The smallest absolute Gasteiger partial charge is 0.145 e. The molecule has 0 N–H and O–H groups in total. The van der Waals surface area contributed by atoms with Crippen LogP contribution in [-0.2, 0) is 6.42 Å². The Kier molecular flexibility index (Phi) is 4.27. The predicted octanol–water partition coefficient (Wildman–Crippen LogP) is 4.82. The topological polar surface area (TPSA) is 25.8 Å². The molecule has 2 nitrogen and oxygen atoms in total. The summed E-state index contributed by atoms with van der Waals surface area (Å²) in [5.74, 6) is 3.30. The summed E-state index contributed by atoms with van der Waals surface area (Å²) in [5.41, 5.74) is 0. The van der Waals surface area contributed by atoms with E-state index in [1.165, 1.54) is 16.4 Å². The fraction of sp³-hybridized carbons (Fsp3) is 0.538. The molecule has 3 heterocycles. The highest BCUT2D eigenvalue weighted by Crippen LogP contribution is 2.42. The summed E-state index contributed by atoms with van der Waals surface area (Å²) in [4.78, 5) is 11.7. The van der Waals surface area contributed by atoms with E-state index >= 15 is 0 Å². The van der Waals surface area contributed by atoms with E-state index in [2.05, 4.69) is 24.9 Å². The van der Waals surface area contributed by atoms with Crippen molar-refractivity contribution in [3.63, 3.8) is 0 Å². The molecule has 0 spiro atoms. The molecule has 2 aromatic rings. The number of hydrogen-bond acceptors (Lipinski definition) is 5. The standard InChI is InChI=1S/C13H15ClN2S3/c1-3-8-6-9-11(14)15-12(16-13(9)19-8)10-7(2)17-4-5-18-10/h6-7,10H,3-5H2,1-2H3. The molecule has 102 valence electrons. The maximum absolute atomic E-state index is 6.34. The van der Waals surface area contributed by atoms with Crippen molar-refractivity contribution in [1.82, 2.24) is 9.97 Å². The Morgan fingerprint density at radius 2 is 2.11 bits per heavy atom. The molecule has 0 amide bonds. The number of nitrogens with zero attached hydrogens (tertiary/aromatic N) is 2. The van der Waals surface area contributed by atoms with Crippen molar-refractivity contribution in [2.24, 2.45) is 0 Å². The van der Waals surface area contributed by atoms with Gasteiger partial charge in [-0.25, -0.2) is 9.97 Å². The van der Waals surface area contributed by atoms with Gasteiger partial charge in [0.15, 0.2) is 0 Å². The van der Waals surface area contributed by atoms with Crippen LogP contribution >= 0.6 is 46.5 Å². The van der Waals surface area contributed by atoms with E-state index in [4.69, 9.17) is 16.6 Å². The second-order valence-electron chi connectivity index (χ2n) is 4.53. The zero-order valence-corrected chi connectivity index (χ0v) is 14.1. The second-order valence-corrected chi connectivity index (χ2v) is 8.73. The van der Waals surface area contributed by atoms with E-state index < -0.39 is 0 Å². The lowest BCUT2D eigenvalue weighted by molar-refractivity contribution is 0.834. The number of thioether (sulfide) groups is 2. The number of halogens is 1. The fourth-order valence-electron chi connectivity index (χ4n) is 2.17. The highest BCUT2D eigenvalue weighted by molar-refractivity contribution is 8.06. The number of hydrogen-bond donors (Lipinski definition) is 0. The molecule has 1 saturated heterocycles. The first-order chi connectivity index (χ1) is 9.19. The third-order valence-electron chi connectivity index (χ3n) is 3.21. The molecule has 1 aliphatic heterocycles. The van der Waals surface area contributed by atoms with Crippen molar-refractivity contribution < 1.29 is 0 Å². The van der Waals surface area contributed by atoms with E-state index in [1.807, 2.05) is 23.5 Å². The third-order valence-corrected chi connectivity index (χ3v) is 7.75. The monoisotopic (exact) mass is 330 g/mol. The van der Waals surface area contributed by atoms with Gasteiger partial charge in [-0.15, -0.1) is 23.1 Å². The largest absolute Gasteiger partial charge is 0.221 e. The van der Waals surface area contributed by atoms with Crippen LogP contribution in [-0.4, -0.2) is 26.7 Å². The van der Waals surface area contributed by atoms with Crippen molar-refractivity contribution in [2.45, 2.75) is 30.8 Å². The van der Waals surface area contributed by atoms with Crippen LogP contribution in [0.2, 0.25) is 5.15 Å². The third kappa shape index (κ3) is 2.75. The van der Waals surface area contributed by atoms with E-state index in [1.54, 1.807) is 11.3 Å². The van der Waals surface area contributed by atoms with Gasteiger partial charge in [0.25, 0.3) is 0 Å². The lowest BCUT2D eigenvalue weighted by Gasteiger charge is -2.26. The molecule has 0 bridgehead atoms. The lowest BCUT2D eigenvalue weighted by Crippen LogP contribution is -2.18. The Hall–Kier alpha value is 0.0300. The van der Waals surface area contributed by atoms with E-state index in [0.717, 1.165) is 22.5 Å². The molecule has 1 aliphatic rings. The zero-order chi connectivity index (χ0) is 13.4. The van der Waals surface area contributed by atoms with Crippen molar-refractivity contribution in [3.8, 4) is 0 Å². The number of thiophene rings is 1. The van der Waals surface area contributed by atoms with Gasteiger partial charge >= 0.3 is 0 Å². The van der Waals surface area contributed by atoms with Gasteiger partial charge < -0.3 is 0 Å². The summed E-state index contributed by atoms with van der Waals surface area (Å²) in [6.45, 7) is 4.41. The number of rotatable bonds is 2. The molecular weight excluding hydrogens is 316 g/mol. The Balaban J connectivity index is 2.04. The van der Waals surface area contributed by atoms with Crippen molar-refractivity contribution in [3.05, 3.63) is 21.9 Å². The van der Waals surface area contributed by atoms with Crippen LogP contribution in [0.25, 0.3) is 10.2 Å². The summed E-state index contributed by atoms with van der Waals surface area (Å²) in [7, 11) is 0. The molecule has 0 saturated carbocycles. The average Bonchev–Trinajstić information content (AvgIpc) is 2.83. The summed E-state index contributed by atoms with van der Waals surface area (Å²) >= 11 is 12.0. The van der Waals surface area contributed by atoms with Crippen LogP contribution in [0.4, 0.5) is 0 Å². The quantitative estimate of drug-likeness (QED) is 0.737. The molecule has 6 heteroatoms. The molecule has 1 fully saturated rings. The van der Waals surface area contributed by atoms with E-state index in [9.17, 15) is 0 Å². The summed E-state index contributed by atoms with van der Waals surface area (Å²) < 4.78 is 0. The minimum atomic E-state index is 0.368. The van der Waals surface area contributed by atoms with Gasteiger partial charge in [-0.2, -0.15) is 11.8 Å². The van der Waals surface area contributed by atoms with Gasteiger partial charge in [0.2, 0.25) is 0 Å². The van der Waals surface area contributed by atoms with Gasteiger partial charge in [-0.05, 0) is 12.5 Å². The van der Waals surface area contributed by atoms with Crippen LogP contribution < -0.4 is 0 Å². The SMILES string of the molecule is CCc1cc2c(Cl)nc(C3SCCSC3C)nc2s1. The molecule has 0 aromatic carbocycles. The highest BCUT2D eigenvalue weighted by Gasteiger charge is 2.27. The molecule has 2 atom stereocenters. The van der Waals surface area contributed by atoms with E-state index in [0.29, 0.717) is 15.7 Å². The Labute approximate surface area is 130 Å². The first kappa shape index (κ1) is 14.0. The molecule has 19 heavy (non-hydrogen) atoms. The maximum atomic E-state index is 6.34. The predicted molar refractivity (Wildman–Crippen MR) is 88.9 cm³/mol. The van der Waals surface area contributed by atoms with Crippen molar-refractivity contribution in [1.29, 1.82) is 0 Å². The summed E-state index contributed by atoms with van der Waals surface area (Å²) in [6, 6.07) is 2.12. The van der Waals surface area contributed by atoms with Gasteiger partial charge in [0.1, 0.15) is 15.8 Å². The van der Waals surface area contributed by atoms with Crippen molar-refractivity contribution in [2.75, 3.05) is 11.5 Å². The van der Waals surface area contributed by atoms with Crippen LogP contribution in [0.3, 0.4) is 0 Å². The first-order valence-corrected chi connectivity index (χ1v) is 9.67. The maximum Gasteiger partial charge on any atom is 0.145 e. The normalized spacial score (nSPS) is 23.9. The van der Waals surface area contributed by atoms with Gasteiger partial charge in [0, 0.05) is 27.0 Å². The van der Waals surface area contributed by atoms with Crippen LogP contribution in [0.1, 0.15) is 29.8 Å².